The minimum absolute atomic E-state index is 0.441. The number of benzene rings is 10. The summed E-state index contributed by atoms with van der Waals surface area (Å²) >= 11 is 0. The Kier molecular flexibility index (Phi) is 8.79. The molecule has 0 heterocycles. The van der Waals surface area contributed by atoms with E-state index in [1.54, 1.807) is 0 Å². The minimum Gasteiger partial charge on any atom is -0.310 e. The van der Waals surface area contributed by atoms with Crippen LogP contribution in [0.5, 0.6) is 0 Å². The smallest absolute Gasteiger partial charge is 0.0713 e. The summed E-state index contributed by atoms with van der Waals surface area (Å²) in [6, 6.07) is 90.9. The first-order chi connectivity index (χ1) is 29.8. The second-order valence-corrected chi connectivity index (χ2v) is 15.6. The quantitative estimate of drug-likeness (QED) is 0.149. The molecule has 11 rings (SSSR count). The van der Waals surface area contributed by atoms with E-state index in [0.717, 1.165) is 17.1 Å². The number of anilines is 3. The highest BCUT2D eigenvalue weighted by Gasteiger charge is 2.46. The van der Waals surface area contributed by atoms with Crippen LogP contribution in [-0.2, 0) is 5.41 Å². The van der Waals surface area contributed by atoms with Crippen LogP contribution in [0.25, 0.3) is 55.3 Å². The first kappa shape index (κ1) is 35.4. The van der Waals surface area contributed by atoms with Crippen LogP contribution in [0.4, 0.5) is 17.1 Å². The number of rotatable bonds is 8. The fraction of sp³-hybridized carbons (Fsp3) is 0.0169. The zero-order valence-corrected chi connectivity index (χ0v) is 33.1. The zero-order valence-electron chi connectivity index (χ0n) is 33.1. The van der Waals surface area contributed by atoms with E-state index in [1.807, 2.05) is 0 Å². The molecule has 10 aromatic carbocycles. The molecule has 0 saturated heterocycles. The molecule has 0 unspecified atom stereocenters. The van der Waals surface area contributed by atoms with E-state index >= 15 is 0 Å². The van der Waals surface area contributed by atoms with Gasteiger partial charge in [-0.3, -0.25) is 0 Å². The van der Waals surface area contributed by atoms with Gasteiger partial charge >= 0.3 is 0 Å². The van der Waals surface area contributed by atoms with Crippen LogP contribution in [0.2, 0.25) is 0 Å². The van der Waals surface area contributed by atoms with Crippen LogP contribution in [0, 0.1) is 0 Å². The van der Waals surface area contributed by atoms with Crippen molar-refractivity contribution in [2.45, 2.75) is 5.41 Å². The summed E-state index contributed by atoms with van der Waals surface area (Å²) < 4.78 is 0. The van der Waals surface area contributed by atoms with Crippen molar-refractivity contribution >= 4 is 27.8 Å². The van der Waals surface area contributed by atoms with Crippen LogP contribution in [0.1, 0.15) is 22.3 Å². The van der Waals surface area contributed by atoms with E-state index in [-0.39, 0.29) is 0 Å². The summed E-state index contributed by atoms with van der Waals surface area (Å²) in [7, 11) is 0. The van der Waals surface area contributed by atoms with Gasteiger partial charge in [-0.1, -0.05) is 206 Å². The van der Waals surface area contributed by atoms with Gasteiger partial charge in [0.2, 0.25) is 0 Å². The van der Waals surface area contributed by atoms with Gasteiger partial charge in [-0.05, 0) is 114 Å². The highest BCUT2D eigenvalue weighted by Crippen LogP contribution is 2.56. The van der Waals surface area contributed by atoms with Gasteiger partial charge in [0.1, 0.15) is 0 Å². The van der Waals surface area contributed by atoms with Crippen molar-refractivity contribution in [1.82, 2.24) is 0 Å². The summed E-state index contributed by atoms with van der Waals surface area (Å²) in [6.45, 7) is 0. The second-order valence-electron chi connectivity index (χ2n) is 15.6. The Morgan fingerprint density at radius 3 is 1.55 bits per heavy atom. The molecule has 0 radical (unpaired) electrons. The third-order valence-corrected chi connectivity index (χ3v) is 12.4. The van der Waals surface area contributed by atoms with E-state index in [2.05, 4.69) is 254 Å². The second kappa shape index (κ2) is 14.9. The third kappa shape index (κ3) is 5.86. The van der Waals surface area contributed by atoms with Gasteiger partial charge < -0.3 is 4.90 Å². The van der Waals surface area contributed by atoms with Gasteiger partial charge in [0, 0.05) is 16.9 Å². The fourth-order valence-corrected chi connectivity index (χ4v) is 9.68. The van der Waals surface area contributed by atoms with E-state index in [9.17, 15) is 0 Å². The van der Waals surface area contributed by atoms with Gasteiger partial charge in [-0.2, -0.15) is 0 Å². The zero-order chi connectivity index (χ0) is 39.9. The largest absolute Gasteiger partial charge is 0.310 e. The summed E-state index contributed by atoms with van der Waals surface area (Å²) in [5.41, 5.74) is 17.8. The maximum atomic E-state index is 2.44. The molecule has 60 heavy (non-hydrogen) atoms. The molecule has 0 saturated carbocycles. The van der Waals surface area contributed by atoms with Crippen molar-refractivity contribution in [2.24, 2.45) is 0 Å². The molecule has 0 aliphatic heterocycles. The third-order valence-electron chi connectivity index (χ3n) is 12.4. The number of hydrogen-bond donors (Lipinski definition) is 0. The standard InChI is InChI=1S/C59H41N/c1-4-22-47(23-5-1)59(48-24-6-2-7-25-48)56-32-14-12-30-54(56)55-39-36-44(41-57(55)59)42-34-37-50(38-35-42)60(49-26-8-3-9-27-49)58-33-15-13-29-53(58)46-21-16-20-45(40-46)52-31-17-19-43-18-10-11-28-51(43)52/h1-41H. The Balaban J connectivity index is 1.02. The van der Waals surface area contributed by atoms with E-state index in [1.165, 1.54) is 77.5 Å². The monoisotopic (exact) mass is 763 g/mol. The number of fused-ring (bicyclic) bond motifs is 4. The number of nitrogens with zero attached hydrogens (tertiary/aromatic N) is 1. The molecule has 0 amide bonds. The Hall–Kier alpha value is -7.74. The number of para-hydroxylation sites is 2. The average molecular weight is 764 g/mol. The molecule has 0 atom stereocenters. The molecule has 282 valence electrons. The SMILES string of the molecule is c1ccc(N(c2ccc(-c3ccc4c(c3)C(c3ccccc3)(c3ccccc3)c3ccccc3-4)cc2)c2ccccc2-c2cccc(-c3cccc4ccccc34)c2)cc1. The van der Waals surface area contributed by atoms with Gasteiger partial charge in [-0.25, -0.2) is 0 Å². The molecule has 0 bridgehead atoms. The maximum absolute atomic E-state index is 2.44. The first-order valence-electron chi connectivity index (χ1n) is 20.8. The predicted molar refractivity (Wildman–Crippen MR) is 252 cm³/mol. The predicted octanol–water partition coefficient (Wildman–Crippen LogP) is 15.7. The summed E-state index contributed by atoms with van der Waals surface area (Å²) in [5.74, 6) is 0. The molecule has 1 aliphatic rings. The molecule has 10 aromatic rings. The van der Waals surface area contributed by atoms with E-state index < -0.39 is 5.41 Å². The summed E-state index contributed by atoms with van der Waals surface area (Å²) in [5, 5.41) is 2.51. The van der Waals surface area contributed by atoms with Crippen LogP contribution in [-0.4, -0.2) is 0 Å². The van der Waals surface area contributed by atoms with Crippen molar-refractivity contribution in [3.63, 3.8) is 0 Å². The summed E-state index contributed by atoms with van der Waals surface area (Å²) in [6.07, 6.45) is 0. The molecule has 0 aromatic heterocycles. The molecule has 0 fully saturated rings. The summed E-state index contributed by atoms with van der Waals surface area (Å²) in [4.78, 5) is 2.39. The van der Waals surface area contributed by atoms with Crippen LogP contribution in [0.3, 0.4) is 0 Å². The van der Waals surface area contributed by atoms with Gasteiger partial charge in [0.15, 0.2) is 0 Å². The van der Waals surface area contributed by atoms with Crippen molar-refractivity contribution < 1.29 is 0 Å². The highest BCUT2D eigenvalue weighted by molar-refractivity contribution is 5.98. The topological polar surface area (TPSA) is 3.24 Å². The lowest BCUT2D eigenvalue weighted by Gasteiger charge is -2.34. The van der Waals surface area contributed by atoms with Gasteiger partial charge in [0.25, 0.3) is 0 Å². The molecular formula is C59H41N. The molecular weight excluding hydrogens is 723 g/mol. The average Bonchev–Trinajstić information content (AvgIpc) is 3.63. The minimum atomic E-state index is -0.441. The van der Waals surface area contributed by atoms with Crippen LogP contribution in [0.15, 0.2) is 249 Å². The lowest BCUT2D eigenvalue weighted by molar-refractivity contribution is 0.769. The Morgan fingerprint density at radius 1 is 0.283 bits per heavy atom. The number of hydrogen-bond acceptors (Lipinski definition) is 1. The lowest BCUT2D eigenvalue weighted by Crippen LogP contribution is -2.28. The fourth-order valence-electron chi connectivity index (χ4n) is 9.68. The molecule has 1 heteroatoms. The highest BCUT2D eigenvalue weighted by atomic mass is 15.1. The first-order valence-corrected chi connectivity index (χ1v) is 20.8. The van der Waals surface area contributed by atoms with Crippen molar-refractivity contribution in [3.05, 3.63) is 271 Å². The van der Waals surface area contributed by atoms with Gasteiger partial charge in [-0.15, -0.1) is 0 Å². The van der Waals surface area contributed by atoms with E-state index in [0.29, 0.717) is 0 Å². The Bertz CT molecular complexity index is 3090. The van der Waals surface area contributed by atoms with Crippen molar-refractivity contribution in [2.75, 3.05) is 4.90 Å². The lowest BCUT2D eigenvalue weighted by atomic mass is 9.67. The van der Waals surface area contributed by atoms with Crippen molar-refractivity contribution in [1.29, 1.82) is 0 Å². The van der Waals surface area contributed by atoms with Gasteiger partial charge in [0.05, 0.1) is 11.1 Å². The molecule has 1 aliphatic carbocycles. The normalized spacial score (nSPS) is 12.5. The molecule has 0 N–H and O–H groups in total. The molecule has 1 nitrogen and oxygen atoms in total. The van der Waals surface area contributed by atoms with Crippen LogP contribution < -0.4 is 4.90 Å². The van der Waals surface area contributed by atoms with Crippen molar-refractivity contribution in [3.8, 4) is 44.5 Å². The Labute approximate surface area is 352 Å². The van der Waals surface area contributed by atoms with E-state index in [4.69, 9.17) is 0 Å². The maximum Gasteiger partial charge on any atom is 0.0713 e. The Morgan fingerprint density at radius 2 is 0.800 bits per heavy atom. The molecule has 0 spiro atoms. The van der Waals surface area contributed by atoms with Crippen LogP contribution >= 0.6 is 0 Å².